The molecule has 0 saturated heterocycles. The van der Waals surface area contributed by atoms with E-state index in [1.807, 2.05) is 0 Å². The molecule has 0 unspecified atom stereocenters. The third-order valence-corrected chi connectivity index (χ3v) is 3.16. The summed E-state index contributed by atoms with van der Waals surface area (Å²) in [5.41, 5.74) is 1.46. The molecule has 2 N–H and O–H groups in total. The molecule has 1 amide bonds. The number of hydrogen-bond acceptors (Lipinski definition) is 2. The van der Waals surface area contributed by atoms with Crippen LogP contribution in [-0.2, 0) is 22.1 Å². The van der Waals surface area contributed by atoms with Crippen LogP contribution in [-0.4, -0.2) is 27.6 Å². The van der Waals surface area contributed by atoms with E-state index in [1.54, 1.807) is 31.3 Å². The van der Waals surface area contributed by atoms with E-state index in [0.717, 1.165) is 5.56 Å². The van der Waals surface area contributed by atoms with E-state index in [9.17, 15) is 9.36 Å². The van der Waals surface area contributed by atoms with Gasteiger partial charge in [0.25, 0.3) is 0 Å². The van der Waals surface area contributed by atoms with Gasteiger partial charge in [-0.2, -0.15) is 0 Å². The lowest BCUT2D eigenvalue weighted by molar-refractivity contribution is -0.125. The second-order valence-electron chi connectivity index (χ2n) is 4.04. The SMILES string of the molecule is C=CC(=O)N(C)Cc1ccc(CP(=O)(O)O)cc1. The van der Waals surface area contributed by atoms with Gasteiger partial charge in [0.15, 0.2) is 0 Å². The molecular formula is C12H16NO4P. The fourth-order valence-corrected chi connectivity index (χ4v) is 2.18. The molecule has 0 atom stereocenters. The molecule has 5 nitrogen and oxygen atoms in total. The molecule has 0 aliphatic carbocycles. The summed E-state index contributed by atoms with van der Waals surface area (Å²) in [7, 11) is -2.37. The summed E-state index contributed by atoms with van der Waals surface area (Å²) in [5.74, 6) is -0.172. The summed E-state index contributed by atoms with van der Waals surface area (Å²) in [6.07, 6.45) is 0.969. The highest BCUT2D eigenvalue weighted by atomic mass is 31.2. The summed E-state index contributed by atoms with van der Waals surface area (Å²) >= 11 is 0. The topological polar surface area (TPSA) is 77.8 Å². The number of benzene rings is 1. The van der Waals surface area contributed by atoms with Crippen molar-refractivity contribution in [2.75, 3.05) is 7.05 Å². The lowest BCUT2D eigenvalue weighted by atomic mass is 10.1. The van der Waals surface area contributed by atoms with Crippen LogP contribution in [0.25, 0.3) is 0 Å². The summed E-state index contributed by atoms with van der Waals surface area (Å²) < 4.78 is 10.8. The highest BCUT2D eigenvalue weighted by Gasteiger charge is 2.13. The predicted octanol–water partition coefficient (Wildman–Crippen LogP) is 1.51. The Kier molecular flexibility index (Phi) is 4.84. The van der Waals surface area contributed by atoms with Crippen molar-refractivity contribution in [1.82, 2.24) is 4.90 Å². The second kappa shape index (κ2) is 5.96. The first-order chi connectivity index (χ1) is 8.31. The minimum atomic E-state index is -4.03. The second-order valence-corrected chi connectivity index (χ2v) is 5.68. The monoisotopic (exact) mass is 269 g/mol. The zero-order chi connectivity index (χ0) is 13.8. The van der Waals surface area contributed by atoms with Crippen LogP contribution in [0.3, 0.4) is 0 Å². The molecule has 98 valence electrons. The molecule has 0 aromatic heterocycles. The Morgan fingerprint density at radius 1 is 1.33 bits per heavy atom. The van der Waals surface area contributed by atoms with Crippen molar-refractivity contribution >= 4 is 13.5 Å². The molecule has 18 heavy (non-hydrogen) atoms. The maximum absolute atomic E-state index is 11.3. The normalized spacial score (nSPS) is 11.1. The minimum absolute atomic E-state index is 0.172. The Labute approximate surface area is 106 Å². The van der Waals surface area contributed by atoms with Gasteiger partial charge in [-0.25, -0.2) is 0 Å². The minimum Gasteiger partial charge on any atom is -0.338 e. The first-order valence-electron chi connectivity index (χ1n) is 5.32. The number of hydrogen-bond donors (Lipinski definition) is 2. The van der Waals surface area contributed by atoms with E-state index in [0.29, 0.717) is 12.1 Å². The molecule has 1 aromatic rings. The number of likely N-dealkylation sites (N-methyl/N-ethyl adjacent to an activating group) is 1. The van der Waals surface area contributed by atoms with Crippen LogP contribution >= 0.6 is 7.60 Å². The van der Waals surface area contributed by atoms with E-state index in [-0.39, 0.29) is 12.1 Å². The predicted molar refractivity (Wildman–Crippen MR) is 68.9 cm³/mol. The molecule has 0 bridgehead atoms. The molecule has 0 radical (unpaired) electrons. The van der Waals surface area contributed by atoms with Crippen LogP contribution in [0.1, 0.15) is 11.1 Å². The third kappa shape index (κ3) is 4.84. The summed E-state index contributed by atoms with van der Waals surface area (Å²) in [5, 5.41) is 0. The van der Waals surface area contributed by atoms with Gasteiger partial charge in [-0.05, 0) is 17.2 Å². The van der Waals surface area contributed by atoms with Crippen LogP contribution in [0.15, 0.2) is 36.9 Å². The van der Waals surface area contributed by atoms with Crippen molar-refractivity contribution in [3.63, 3.8) is 0 Å². The van der Waals surface area contributed by atoms with E-state index in [4.69, 9.17) is 9.79 Å². The number of nitrogens with zero attached hydrogens (tertiary/aromatic N) is 1. The number of carbonyl (C=O) groups excluding carboxylic acids is 1. The van der Waals surface area contributed by atoms with Crippen molar-refractivity contribution in [3.8, 4) is 0 Å². The maximum atomic E-state index is 11.3. The molecule has 0 aliphatic heterocycles. The van der Waals surface area contributed by atoms with Crippen LogP contribution in [0.5, 0.6) is 0 Å². The molecule has 0 aliphatic rings. The molecule has 0 saturated carbocycles. The smallest absolute Gasteiger partial charge is 0.329 e. The van der Waals surface area contributed by atoms with Crippen LogP contribution in [0.2, 0.25) is 0 Å². The van der Waals surface area contributed by atoms with Crippen molar-refractivity contribution in [1.29, 1.82) is 0 Å². The Morgan fingerprint density at radius 2 is 1.83 bits per heavy atom. The van der Waals surface area contributed by atoms with Gasteiger partial charge >= 0.3 is 7.60 Å². The average molecular weight is 269 g/mol. The Bertz CT molecular complexity index is 477. The Hall–Kier alpha value is -1.42. The fraction of sp³-hybridized carbons (Fsp3) is 0.250. The van der Waals surface area contributed by atoms with Crippen molar-refractivity contribution in [3.05, 3.63) is 48.0 Å². The Balaban J connectivity index is 2.69. The van der Waals surface area contributed by atoms with Crippen LogP contribution < -0.4 is 0 Å². The van der Waals surface area contributed by atoms with Gasteiger partial charge in [-0.3, -0.25) is 9.36 Å². The molecule has 1 rings (SSSR count). The van der Waals surface area contributed by atoms with Gasteiger partial charge in [0.2, 0.25) is 5.91 Å². The van der Waals surface area contributed by atoms with Gasteiger partial charge in [0.1, 0.15) is 0 Å². The molecule has 0 fully saturated rings. The molecule has 0 spiro atoms. The van der Waals surface area contributed by atoms with Gasteiger partial charge < -0.3 is 14.7 Å². The highest BCUT2D eigenvalue weighted by Crippen LogP contribution is 2.38. The van der Waals surface area contributed by atoms with Gasteiger partial charge in [0, 0.05) is 13.6 Å². The van der Waals surface area contributed by atoms with Crippen molar-refractivity contribution < 1.29 is 19.1 Å². The molecule has 0 heterocycles. The average Bonchev–Trinajstić information content (AvgIpc) is 2.28. The zero-order valence-electron chi connectivity index (χ0n) is 10.1. The quantitative estimate of drug-likeness (QED) is 0.627. The Morgan fingerprint density at radius 3 is 2.28 bits per heavy atom. The number of amides is 1. The largest absolute Gasteiger partial charge is 0.338 e. The zero-order valence-corrected chi connectivity index (χ0v) is 11.0. The van der Waals surface area contributed by atoms with Crippen LogP contribution in [0, 0.1) is 0 Å². The number of rotatable bonds is 5. The highest BCUT2D eigenvalue weighted by molar-refractivity contribution is 7.50. The lowest BCUT2D eigenvalue weighted by Crippen LogP contribution is -2.23. The number of carbonyl (C=O) groups is 1. The van der Waals surface area contributed by atoms with E-state index in [1.165, 1.54) is 11.0 Å². The third-order valence-electron chi connectivity index (χ3n) is 2.38. The van der Waals surface area contributed by atoms with Crippen LogP contribution in [0.4, 0.5) is 0 Å². The van der Waals surface area contributed by atoms with E-state index >= 15 is 0 Å². The molecule has 6 heteroatoms. The standard InChI is InChI=1S/C12H16NO4P/c1-3-12(14)13(2)8-10-4-6-11(7-5-10)9-18(15,16)17/h3-7H,1,8-9H2,2H3,(H2,15,16,17). The molecular weight excluding hydrogens is 253 g/mol. The van der Waals surface area contributed by atoms with E-state index in [2.05, 4.69) is 6.58 Å². The maximum Gasteiger partial charge on any atom is 0.329 e. The first kappa shape index (κ1) is 14.6. The summed E-state index contributed by atoms with van der Waals surface area (Å²) in [4.78, 5) is 30.5. The summed E-state index contributed by atoms with van der Waals surface area (Å²) in [6.45, 7) is 3.83. The summed E-state index contributed by atoms with van der Waals surface area (Å²) in [6, 6.07) is 6.80. The van der Waals surface area contributed by atoms with Crippen molar-refractivity contribution in [2.45, 2.75) is 12.7 Å². The van der Waals surface area contributed by atoms with Gasteiger partial charge in [-0.1, -0.05) is 30.8 Å². The van der Waals surface area contributed by atoms with Gasteiger partial charge in [-0.15, -0.1) is 0 Å². The fourth-order valence-electron chi connectivity index (χ4n) is 1.50. The van der Waals surface area contributed by atoms with E-state index < -0.39 is 7.60 Å². The van der Waals surface area contributed by atoms with Crippen molar-refractivity contribution in [2.24, 2.45) is 0 Å². The van der Waals surface area contributed by atoms with Gasteiger partial charge in [0.05, 0.1) is 6.16 Å². The first-order valence-corrected chi connectivity index (χ1v) is 7.11. The molecule has 1 aromatic carbocycles. The lowest BCUT2D eigenvalue weighted by Gasteiger charge is -2.15.